The monoisotopic (exact) mass is 550 g/mol. The number of nitrogens with one attached hydrogen (secondary N) is 2. The van der Waals surface area contributed by atoms with E-state index >= 15 is 0 Å². The standard InChI is InChI=1S/C23H27F5N4O6/c24-19(25)17-8-15(31-38-17)22(36)32-9-12-2-1-3-13(12)18(32)21(35)30-14(16(33)10-37-23(26,27)28)5-4-11-6-7-29-20(11)34/h8,11-14,18-19H,1-7,9-10H2,(H,29,34)(H,30,35)/t11-,12+,13+,14+,18+/m1/s1. The van der Waals surface area contributed by atoms with E-state index in [9.17, 15) is 41.1 Å². The van der Waals surface area contributed by atoms with Crippen molar-refractivity contribution in [2.75, 3.05) is 19.7 Å². The molecule has 1 aliphatic carbocycles. The lowest BCUT2D eigenvalue weighted by Crippen LogP contribution is -2.53. The van der Waals surface area contributed by atoms with Gasteiger partial charge in [0.25, 0.3) is 12.3 Å². The molecular weight excluding hydrogens is 523 g/mol. The van der Waals surface area contributed by atoms with E-state index in [1.807, 2.05) is 0 Å². The predicted octanol–water partition coefficient (Wildman–Crippen LogP) is 2.36. The van der Waals surface area contributed by atoms with Crippen LogP contribution in [0.3, 0.4) is 0 Å². The van der Waals surface area contributed by atoms with E-state index < -0.39 is 66.4 Å². The number of nitrogens with zero attached hydrogens (tertiary/aromatic N) is 2. The van der Waals surface area contributed by atoms with Crippen LogP contribution in [0.5, 0.6) is 0 Å². The van der Waals surface area contributed by atoms with Gasteiger partial charge in [-0.3, -0.25) is 23.9 Å². The largest absolute Gasteiger partial charge is 0.522 e. The summed E-state index contributed by atoms with van der Waals surface area (Å²) in [5.74, 6) is -4.44. The van der Waals surface area contributed by atoms with Crippen LogP contribution in [-0.2, 0) is 19.1 Å². The van der Waals surface area contributed by atoms with Crippen molar-refractivity contribution in [1.82, 2.24) is 20.7 Å². The second-order valence-electron chi connectivity index (χ2n) is 9.79. The predicted molar refractivity (Wildman–Crippen MR) is 116 cm³/mol. The summed E-state index contributed by atoms with van der Waals surface area (Å²) in [5, 5.41) is 8.51. The Morgan fingerprint density at radius 3 is 2.63 bits per heavy atom. The number of carbonyl (C=O) groups is 4. The van der Waals surface area contributed by atoms with E-state index in [2.05, 4.69) is 25.1 Å². The number of Topliss-reactive ketones (excluding diaryl/α,β-unsaturated/α-hetero) is 1. The molecule has 5 atom stereocenters. The number of halogens is 5. The maximum absolute atomic E-state index is 13.5. The van der Waals surface area contributed by atoms with Gasteiger partial charge in [-0.05, 0) is 43.9 Å². The molecule has 0 bridgehead atoms. The third-order valence-corrected chi connectivity index (χ3v) is 7.43. The lowest BCUT2D eigenvalue weighted by molar-refractivity contribution is -0.321. The van der Waals surface area contributed by atoms with Crippen molar-refractivity contribution in [2.24, 2.45) is 17.8 Å². The highest BCUT2D eigenvalue weighted by Crippen LogP contribution is 2.43. The summed E-state index contributed by atoms with van der Waals surface area (Å²) < 4.78 is 71.6. The van der Waals surface area contributed by atoms with E-state index in [1.165, 1.54) is 4.90 Å². The van der Waals surface area contributed by atoms with Crippen LogP contribution in [0.15, 0.2) is 10.6 Å². The van der Waals surface area contributed by atoms with Crippen molar-refractivity contribution in [2.45, 2.75) is 63.4 Å². The Labute approximate surface area is 213 Å². The molecule has 0 spiro atoms. The fraction of sp³-hybridized carbons (Fsp3) is 0.696. The molecule has 4 rings (SSSR count). The number of carbonyl (C=O) groups excluding carboxylic acids is 4. The zero-order valence-corrected chi connectivity index (χ0v) is 20.1. The second-order valence-corrected chi connectivity index (χ2v) is 9.79. The van der Waals surface area contributed by atoms with Gasteiger partial charge in [-0.1, -0.05) is 11.6 Å². The Hall–Kier alpha value is -3.10. The van der Waals surface area contributed by atoms with Gasteiger partial charge in [-0.2, -0.15) is 0 Å². The first-order valence-electron chi connectivity index (χ1n) is 12.3. The smallest absolute Gasteiger partial charge is 0.356 e. The molecule has 0 radical (unpaired) electrons. The maximum atomic E-state index is 13.5. The fourth-order valence-electron chi connectivity index (χ4n) is 5.60. The zero-order chi connectivity index (χ0) is 27.6. The SMILES string of the molecule is O=C1NCC[C@H]1CC[C@H](NC(=O)[C@@H]1[C@H]2CCC[C@H]2CN1C(=O)c1cc(C(F)F)on1)C(=O)COC(F)(F)F. The van der Waals surface area contributed by atoms with Crippen molar-refractivity contribution in [3.8, 4) is 0 Å². The van der Waals surface area contributed by atoms with Crippen LogP contribution >= 0.6 is 0 Å². The van der Waals surface area contributed by atoms with E-state index in [1.54, 1.807) is 0 Å². The molecule has 2 N–H and O–H groups in total. The minimum absolute atomic E-state index is 0.0546. The van der Waals surface area contributed by atoms with Crippen molar-refractivity contribution in [1.29, 1.82) is 0 Å². The second kappa shape index (κ2) is 11.3. The van der Waals surface area contributed by atoms with Crippen LogP contribution in [-0.4, -0.2) is 71.7 Å². The van der Waals surface area contributed by atoms with Crippen molar-refractivity contribution in [3.63, 3.8) is 0 Å². The van der Waals surface area contributed by atoms with Crippen LogP contribution in [0.1, 0.15) is 61.2 Å². The number of hydrogen-bond donors (Lipinski definition) is 2. The van der Waals surface area contributed by atoms with Crippen molar-refractivity contribution >= 4 is 23.5 Å². The van der Waals surface area contributed by atoms with Crippen LogP contribution in [0.2, 0.25) is 0 Å². The molecule has 1 saturated carbocycles. The molecule has 15 heteroatoms. The molecular formula is C23H27F5N4O6. The Kier molecular flexibility index (Phi) is 8.33. The normalized spacial score (nSPS) is 25.9. The summed E-state index contributed by atoms with van der Waals surface area (Å²) in [7, 11) is 0. The highest BCUT2D eigenvalue weighted by atomic mass is 19.4. The Balaban J connectivity index is 1.51. The Morgan fingerprint density at radius 1 is 1.24 bits per heavy atom. The van der Waals surface area contributed by atoms with E-state index in [0.29, 0.717) is 19.4 Å². The summed E-state index contributed by atoms with van der Waals surface area (Å²) in [6.07, 6.45) is -5.43. The summed E-state index contributed by atoms with van der Waals surface area (Å²) in [6, 6.07) is -1.69. The summed E-state index contributed by atoms with van der Waals surface area (Å²) >= 11 is 0. The van der Waals surface area contributed by atoms with E-state index in [4.69, 9.17) is 0 Å². The summed E-state index contributed by atoms with van der Waals surface area (Å²) in [6.45, 7) is -0.750. The molecule has 0 unspecified atom stereocenters. The van der Waals surface area contributed by atoms with Gasteiger partial charge in [-0.25, -0.2) is 8.78 Å². The van der Waals surface area contributed by atoms with Crippen LogP contribution < -0.4 is 10.6 Å². The lowest BCUT2D eigenvalue weighted by atomic mass is 9.92. The van der Waals surface area contributed by atoms with Gasteiger partial charge in [0.15, 0.2) is 11.5 Å². The van der Waals surface area contributed by atoms with Gasteiger partial charge >= 0.3 is 6.36 Å². The van der Waals surface area contributed by atoms with Crippen molar-refractivity contribution in [3.05, 3.63) is 17.5 Å². The van der Waals surface area contributed by atoms with Crippen LogP contribution in [0, 0.1) is 17.8 Å². The van der Waals surface area contributed by atoms with Gasteiger partial charge in [-0.15, -0.1) is 13.2 Å². The topological polar surface area (TPSA) is 131 Å². The molecule has 0 aromatic carbocycles. The van der Waals surface area contributed by atoms with E-state index in [-0.39, 0.29) is 37.1 Å². The molecule has 2 saturated heterocycles. The van der Waals surface area contributed by atoms with E-state index in [0.717, 1.165) is 18.9 Å². The fourth-order valence-corrected chi connectivity index (χ4v) is 5.60. The van der Waals surface area contributed by atoms with Gasteiger partial charge in [0.2, 0.25) is 17.6 Å². The molecule has 210 valence electrons. The number of ketones is 1. The summed E-state index contributed by atoms with van der Waals surface area (Å²) in [5.41, 5.74) is -0.406. The third kappa shape index (κ3) is 6.30. The highest BCUT2D eigenvalue weighted by Gasteiger charge is 2.50. The number of alkyl halides is 5. The number of amides is 3. The molecule has 3 aliphatic rings. The first kappa shape index (κ1) is 27.9. The van der Waals surface area contributed by atoms with Gasteiger partial charge in [0, 0.05) is 25.1 Å². The number of hydrogen-bond acceptors (Lipinski definition) is 7. The average molecular weight is 550 g/mol. The number of likely N-dealkylation sites (tertiary alicyclic amines) is 1. The van der Waals surface area contributed by atoms with Crippen LogP contribution in [0.25, 0.3) is 0 Å². The first-order valence-corrected chi connectivity index (χ1v) is 12.3. The van der Waals surface area contributed by atoms with Crippen LogP contribution in [0.4, 0.5) is 22.0 Å². The molecule has 1 aromatic rings. The molecule has 3 fully saturated rings. The van der Waals surface area contributed by atoms with Gasteiger partial charge in [0.1, 0.15) is 12.6 Å². The minimum Gasteiger partial charge on any atom is -0.356 e. The molecule has 3 heterocycles. The Bertz CT molecular complexity index is 1060. The average Bonchev–Trinajstić information content (AvgIpc) is 3.63. The number of aromatic nitrogens is 1. The zero-order valence-electron chi connectivity index (χ0n) is 20.1. The number of fused-ring (bicyclic) bond motifs is 1. The molecule has 1 aromatic heterocycles. The van der Waals surface area contributed by atoms with Gasteiger partial charge < -0.3 is 20.1 Å². The molecule has 38 heavy (non-hydrogen) atoms. The third-order valence-electron chi connectivity index (χ3n) is 7.43. The van der Waals surface area contributed by atoms with Crippen molar-refractivity contribution < 1.29 is 50.4 Å². The lowest BCUT2D eigenvalue weighted by Gasteiger charge is -2.28. The summed E-state index contributed by atoms with van der Waals surface area (Å²) in [4.78, 5) is 52.3. The number of rotatable bonds is 10. The number of ether oxygens (including phenoxy) is 1. The Morgan fingerprint density at radius 2 is 2.00 bits per heavy atom. The quantitative estimate of drug-likeness (QED) is 0.428. The molecule has 2 aliphatic heterocycles. The first-order chi connectivity index (χ1) is 17.9. The molecule has 10 nitrogen and oxygen atoms in total. The minimum atomic E-state index is -5.06. The van der Waals surface area contributed by atoms with Gasteiger partial charge in [0.05, 0.1) is 6.04 Å². The highest BCUT2D eigenvalue weighted by molar-refractivity contribution is 5.98. The molecule has 3 amide bonds. The maximum Gasteiger partial charge on any atom is 0.522 e.